The van der Waals surface area contributed by atoms with Crippen molar-refractivity contribution in [2.75, 3.05) is 13.2 Å². The molecule has 1 saturated heterocycles. The van der Waals surface area contributed by atoms with Crippen LogP contribution in [0.25, 0.3) is 10.1 Å². The van der Waals surface area contributed by atoms with E-state index in [9.17, 15) is 9.90 Å². The third-order valence-corrected chi connectivity index (χ3v) is 6.87. The highest BCUT2D eigenvalue weighted by atomic mass is 32.1. The number of hydrogen-bond donors (Lipinski definition) is 2. The lowest BCUT2D eigenvalue weighted by Crippen LogP contribution is -2.58. The fraction of sp³-hybridized carbons (Fsp3) is 0.609. The number of benzene rings is 1. The van der Waals surface area contributed by atoms with Crippen LogP contribution in [0.1, 0.15) is 69.7 Å². The predicted octanol–water partition coefficient (Wildman–Crippen LogP) is 6.05. The number of rotatable bonds is 9. The Morgan fingerprint density at radius 2 is 1.79 bits per heavy atom. The minimum absolute atomic E-state index is 0.254. The van der Waals surface area contributed by atoms with Crippen molar-refractivity contribution in [1.82, 2.24) is 5.32 Å². The first-order valence-electron chi connectivity index (χ1n) is 10.7. The smallest absolute Gasteiger partial charge is 0.405 e. The van der Waals surface area contributed by atoms with E-state index in [1.165, 1.54) is 44.1 Å². The summed E-state index contributed by atoms with van der Waals surface area (Å²) in [5, 5.41) is 13.2. The molecule has 0 unspecified atom stereocenters. The van der Waals surface area contributed by atoms with Gasteiger partial charge in [0.15, 0.2) is 5.79 Å². The zero-order valence-corrected chi connectivity index (χ0v) is 18.6. The second-order valence-electron chi connectivity index (χ2n) is 8.49. The molecule has 0 radical (unpaired) electrons. The maximum Gasteiger partial charge on any atom is 0.405 e. The van der Waals surface area contributed by atoms with Crippen LogP contribution in [-0.4, -0.2) is 30.2 Å². The average Bonchev–Trinajstić information content (AvgIpc) is 3.10. The zero-order chi connectivity index (χ0) is 20.9. The predicted molar refractivity (Wildman–Crippen MR) is 118 cm³/mol. The molecule has 0 aliphatic carbocycles. The van der Waals surface area contributed by atoms with E-state index < -0.39 is 17.4 Å². The van der Waals surface area contributed by atoms with E-state index in [-0.39, 0.29) is 13.2 Å². The molecule has 2 heterocycles. The quantitative estimate of drug-likeness (QED) is 0.486. The number of amides is 1. The summed E-state index contributed by atoms with van der Waals surface area (Å²) in [6, 6.07) is 8.68. The van der Waals surface area contributed by atoms with Gasteiger partial charge in [0.05, 0.1) is 13.2 Å². The number of fused-ring (bicyclic) bond motifs is 1. The van der Waals surface area contributed by atoms with E-state index in [2.05, 4.69) is 36.5 Å². The number of carboxylic acid groups (broad SMARTS) is 1. The van der Waals surface area contributed by atoms with Crippen LogP contribution in [0.2, 0.25) is 0 Å². The van der Waals surface area contributed by atoms with Gasteiger partial charge in [-0.15, -0.1) is 11.3 Å². The van der Waals surface area contributed by atoms with Crippen LogP contribution in [0.15, 0.2) is 24.3 Å². The second-order valence-corrected chi connectivity index (χ2v) is 9.57. The van der Waals surface area contributed by atoms with Crippen LogP contribution in [0, 0.1) is 0 Å². The Morgan fingerprint density at radius 1 is 1.10 bits per heavy atom. The molecule has 0 bridgehead atoms. The Bertz CT molecular complexity index is 819. The maximum atomic E-state index is 11.5. The molecule has 2 N–H and O–H groups in total. The van der Waals surface area contributed by atoms with Crippen molar-refractivity contribution in [2.24, 2.45) is 0 Å². The standard InChI is InChI=1S/C23H33NO4S/c1-4-5-6-7-8-9-10-17-11-12-19-18(13-17)14-20(29-19)23(24-21(25)26)15-27-22(2,3)28-16-23/h11-14,24H,4-10,15-16H2,1-3H3,(H,25,26). The molecule has 0 spiro atoms. The highest BCUT2D eigenvalue weighted by molar-refractivity contribution is 7.19. The van der Waals surface area contributed by atoms with Crippen molar-refractivity contribution in [3.8, 4) is 0 Å². The van der Waals surface area contributed by atoms with E-state index in [1.807, 2.05) is 13.8 Å². The fourth-order valence-corrected chi connectivity index (χ4v) is 4.91. The van der Waals surface area contributed by atoms with E-state index in [0.29, 0.717) is 0 Å². The number of carbonyl (C=O) groups is 1. The number of nitrogens with one attached hydrogen (secondary N) is 1. The summed E-state index contributed by atoms with van der Waals surface area (Å²) in [6.07, 6.45) is 7.78. The van der Waals surface area contributed by atoms with Gasteiger partial charge in [-0.1, -0.05) is 51.2 Å². The van der Waals surface area contributed by atoms with Crippen molar-refractivity contribution in [2.45, 2.75) is 77.0 Å². The molecule has 0 saturated carbocycles. The molecule has 0 atom stereocenters. The number of aryl methyl sites for hydroxylation is 1. The molecule has 1 aliphatic rings. The van der Waals surface area contributed by atoms with Gasteiger partial charge in [-0.2, -0.15) is 0 Å². The molecule has 2 aromatic rings. The molecule has 5 nitrogen and oxygen atoms in total. The summed E-state index contributed by atoms with van der Waals surface area (Å²) in [4.78, 5) is 12.4. The number of ether oxygens (including phenoxy) is 2. The zero-order valence-electron chi connectivity index (χ0n) is 17.8. The van der Waals surface area contributed by atoms with Gasteiger partial charge in [0.1, 0.15) is 5.54 Å². The molecule has 1 fully saturated rings. The minimum atomic E-state index is -1.07. The van der Waals surface area contributed by atoms with Gasteiger partial charge in [0.25, 0.3) is 0 Å². The summed E-state index contributed by atoms with van der Waals surface area (Å²) in [7, 11) is 0. The van der Waals surface area contributed by atoms with E-state index in [4.69, 9.17) is 9.47 Å². The molecule has 1 amide bonds. The van der Waals surface area contributed by atoms with Crippen LogP contribution < -0.4 is 5.32 Å². The summed E-state index contributed by atoms with van der Waals surface area (Å²) in [6.45, 7) is 6.44. The number of thiophene rings is 1. The molecule has 29 heavy (non-hydrogen) atoms. The van der Waals surface area contributed by atoms with Crippen LogP contribution >= 0.6 is 11.3 Å². The Balaban J connectivity index is 1.72. The normalized spacial score (nSPS) is 18.0. The maximum absolute atomic E-state index is 11.5. The Labute approximate surface area is 177 Å². The summed E-state index contributed by atoms with van der Waals surface area (Å²) in [5.74, 6) is -0.704. The summed E-state index contributed by atoms with van der Waals surface area (Å²) in [5.41, 5.74) is 0.472. The average molecular weight is 420 g/mol. The number of hydrogen-bond acceptors (Lipinski definition) is 4. The number of unbranched alkanes of at least 4 members (excludes halogenated alkanes) is 5. The summed E-state index contributed by atoms with van der Waals surface area (Å²) >= 11 is 1.61. The first kappa shape index (κ1) is 22.1. The van der Waals surface area contributed by atoms with Crippen LogP contribution in [0.4, 0.5) is 4.79 Å². The largest absolute Gasteiger partial charge is 0.465 e. The molecule has 3 rings (SSSR count). The van der Waals surface area contributed by atoms with E-state index in [0.717, 1.165) is 21.4 Å². The van der Waals surface area contributed by atoms with Gasteiger partial charge in [-0.05, 0) is 49.8 Å². The molecular weight excluding hydrogens is 386 g/mol. The summed E-state index contributed by atoms with van der Waals surface area (Å²) < 4.78 is 12.8. The Morgan fingerprint density at radius 3 is 2.48 bits per heavy atom. The highest BCUT2D eigenvalue weighted by Gasteiger charge is 2.44. The van der Waals surface area contributed by atoms with Crippen molar-refractivity contribution in [3.63, 3.8) is 0 Å². The van der Waals surface area contributed by atoms with Crippen molar-refractivity contribution in [1.29, 1.82) is 0 Å². The lowest BCUT2D eigenvalue weighted by atomic mass is 9.97. The highest BCUT2D eigenvalue weighted by Crippen LogP contribution is 2.38. The van der Waals surface area contributed by atoms with Crippen LogP contribution in [0.5, 0.6) is 0 Å². The van der Waals surface area contributed by atoms with Crippen LogP contribution in [0.3, 0.4) is 0 Å². The fourth-order valence-electron chi connectivity index (χ4n) is 3.75. The van der Waals surface area contributed by atoms with Crippen LogP contribution in [-0.2, 0) is 21.4 Å². The third-order valence-electron chi connectivity index (χ3n) is 5.55. The lowest BCUT2D eigenvalue weighted by molar-refractivity contribution is -0.272. The third kappa shape index (κ3) is 5.71. The Kier molecular flexibility index (Phi) is 7.19. The van der Waals surface area contributed by atoms with Gasteiger partial charge in [0.2, 0.25) is 0 Å². The van der Waals surface area contributed by atoms with Gasteiger partial charge < -0.3 is 19.9 Å². The lowest BCUT2D eigenvalue weighted by Gasteiger charge is -2.42. The van der Waals surface area contributed by atoms with Crippen molar-refractivity contribution in [3.05, 3.63) is 34.7 Å². The molecular formula is C23H33NO4S. The molecule has 1 aromatic heterocycles. The molecule has 6 heteroatoms. The molecule has 1 aliphatic heterocycles. The SMILES string of the molecule is CCCCCCCCc1ccc2sc(C3(NC(=O)O)COC(C)(C)OC3)cc2c1. The van der Waals surface area contributed by atoms with Gasteiger partial charge >= 0.3 is 6.09 Å². The first-order chi connectivity index (χ1) is 13.8. The van der Waals surface area contributed by atoms with E-state index >= 15 is 0 Å². The van der Waals surface area contributed by atoms with Gasteiger partial charge in [0, 0.05) is 9.58 Å². The molecule has 160 valence electrons. The van der Waals surface area contributed by atoms with E-state index in [1.54, 1.807) is 11.3 Å². The van der Waals surface area contributed by atoms with Crippen molar-refractivity contribution >= 4 is 27.5 Å². The molecule has 1 aromatic carbocycles. The second kappa shape index (κ2) is 9.45. The van der Waals surface area contributed by atoms with Gasteiger partial charge in [-0.3, -0.25) is 0 Å². The monoisotopic (exact) mass is 419 g/mol. The first-order valence-corrected chi connectivity index (χ1v) is 11.5. The topological polar surface area (TPSA) is 67.8 Å². The minimum Gasteiger partial charge on any atom is -0.465 e. The Hall–Kier alpha value is -1.63. The van der Waals surface area contributed by atoms with Gasteiger partial charge in [-0.25, -0.2) is 4.79 Å². The van der Waals surface area contributed by atoms with Crippen molar-refractivity contribution < 1.29 is 19.4 Å².